The summed E-state index contributed by atoms with van der Waals surface area (Å²) in [6, 6.07) is 22.1. The highest BCUT2D eigenvalue weighted by Gasteiger charge is 2.55. The topological polar surface area (TPSA) is 98.0 Å². The van der Waals surface area contributed by atoms with Crippen molar-refractivity contribution in [1.29, 1.82) is 0 Å². The second-order valence-corrected chi connectivity index (χ2v) is 10.9. The Labute approximate surface area is 235 Å². The van der Waals surface area contributed by atoms with Gasteiger partial charge in [0.15, 0.2) is 12.1 Å². The van der Waals surface area contributed by atoms with Crippen molar-refractivity contribution in [3.8, 4) is 0 Å². The van der Waals surface area contributed by atoms with Crippen LogP contribution in [0.5, 0.6) is 0 Å². The van der Waals surface area contributed by atoms with Gasteiger partial charge in [0.2, 0.25) is 0 Å². The molecule has 1 fully saturated rings. The van der Waals surface area contributed by atoms with E-state index in [2.05, 4.69) is 42.2 Å². The lowest BCUT2D eigenvalue weighted by Crippen LogP contribution is -2.44. The average molecular weight is 636 g/mol. The maximum absolute atomic E-state index is 13.6. The molecular weight excluding hydrogens is 616 g/mol. The molecule has 3 heterocycles. The standard InChI is InChI=1S/C27H20Br2N6O3/c28-18-11-9-16(10-12-18)21-14-22(17-5-2-1-3-6-17)35(31-21)23(36)15-33-25-24(30-32-33)26(37)34(27(25)38)20-8-4-7-19(29)13-20/h1-13,22,24-25H,14-15H2/t22-,24+,25-/m1/s1. The summed E-state index contributed by atoms with van der Waals surface area (Å²) in [5.74, 6) is -1.27. The number of anilines is 1. The molecule has 0 radical (unpaired) electrons. The molecule has 3 aliphatic heterocycles. The first-order valence-electron chi connectivity index (χ1n) is 11.9. The van der Waals surface area contributed by atoms with Crippen LogP contribution in [0.15, 0.2) is 103 Å². The lowest BCUT2D eigenvalue weighted by molar-refractivity contribution is -0.135. The molecule has 3 amide bonds. The highest BCUT2D eigenvalue weighted by Crippen LogP contribution is 2.35. The normalized spacial score (nSPS) is 22.3. The van der Waals surface area contributed by atoms with E-state index in [4.69, 9.17) is 5.10 Å². The van der Waals surface area contributed by atoms with E-state index >= 15 is 0 Å². The van der Waals surface area contributed by atoms with Crippen LogP contribution in [-0.4, -0.2) is 52.1 Å². The Morgan fingerprint density at radius 3 is 2.39 bits per heavy atom. The molecule has 9 nitrogen and oxygen atoms in total. The van der Waals surface area contributed by atoms with E-state index in [1.165, 1.54) is 10.0 Å². The van der Waals surface area contributed by atoms with Crippen LogP contribution in [0.25, 0.3) is 0 Å². The molecule has 6 rings (SSSR count). The predicted octanol–water partition coefficient (Wildman–Crippen LogP) is 4.88. The van der Waals surface area contributed by atoms with Crippen molar-refractivity contribution >= 4 is 61.0 Å². The first-order chi connectivity index (χ1) is 18.4. The second-order valence-electron chi connectivity index (χ2n) is 9.11. The maximum Gasteiger partial charge on any atom is 0.264 e. The van der Waals surface area contributed by atoms with Crippen molar-refractivity contribution in [3.05, 3.63) is 98.9 Å². The van der Waals surface area contributed by atoms with Crippen LogP contribution in [0.3, 0.4) is 0 Å². The quantitative estimate of drug-likeness (QED) is 0.373. The molecule has 3 aromatic rings. The van der Waals surface area contributed by atoms with Crippen LogP contribution in [0.1, 0.15) is 23.6 Å². The van der Waals surface area contributed by atoms with Crippen LogP contribution in [0.2, 0.25) is 0 Å². The molecule has 3 aromatic carbocycles. The molecule has 0 saturated carbocycles. The fourth-order valence-electron chi connectivity index (χ4n) is 4.93. The number of halogens is 2. The van der Waals surface area contributed by atoms with Gasteiger partial charge in [-0.3, -0.25) is 19.4 Å². The third-order valence-electron chi connectivity index (χ3n) is 6.75. The van der Waals surface area contributed by atoms with E-state index < -0.39 is 23.9 Å². The number of amides is 3. The van der Waals surface area contributed by atoms with Crippen molar-refractivity contribution in [2.45, 2.75) is 24.5 Å². The molecule has 11 heteroatoms. The largest absolute Gasteiger partial charge is 0.271 e. The Morgan fingerprint density at radius 2 is 1.66 bits per heavy atom. The van der Waals surface area contributed by atoms with E-state index in [9.17, 15) is 14.4 Å². The molecule has 0 unspecified atom stereocenters. The summed E-state index contributed by atoms with van der Waals surface area (Å²) in [6.45, 7) is -0.240. The molecule has 0 bridgehead atoms. The van der Waals surface area contributed by atoms with E-state index in [0.29, 0.717) is 12.1 Å². The second kappa shape index (κ2) is 9.88. The number of carbonyl (C=O) groups is 3. The zero-order valence-corrected chi connectivity index (χ0v) is 23.0. The molecule has 0 spiro atoms. The number of benzene rings is 3. The summed E-state index contributed by atoms with van der Waals surface area (Å²) >= 11 is 6.83. The molecule has 3 aliphatic rings. The molecule has 38 heavy (non-hydrogen) atoms. The summed E-state index contributed by atoms with van der Waals surface area (Å²) in [5.41, 5.74) is 3.10. The van der Waals surface area contributed by atoms with Gasteiger partial charge >= 0.3 is 0 Å². The minimum Gasteiger partial charge on any atom is -0.271 e. The Balaban J connectivity index is 1.26. The first-order valence-corrected chi connectivity index (χ1v) is 13.5. The highest BCUT2D eigenvalue weighted by atomic mass is 79.9. The molecule has 0 aliphatic carbocycles. The first kappa shape index (κ1) is 24.6. The zero-order valence-electron chi connectivity index (χ0n) is 19.8. The van der Waals surface area contributed by atoms with Gasteiger partial charge in [0.1, 0.15) is 6.54 Å². The summed E-state index contributed by atoms with van der Waals surface area (Å²) in [6.07, 6.45) is 0.541. The Kier molecular flexibility index (Phi) is 6.40. The number of hydrogen-bond acceptors (Lipinski definition) is 7. The lowest BCUT2D eigenvalue weighted by atomic mass is 9.98. The van der Waals surface area contributed by atoms with Gasteiger partial charge in [-0.25, -0.2) is 9.91 Å². The summed E-state index contributed by atoms with van der Waals surface area (Å²) in [4.78, 5) is 41.1. The number of rotatable bonds is 5. The van der Waals surface area contributed by atoms with Gasteiger partial charge in [-0.2, -0.15) is 10.2 Å². The SMILES string of the molecule is O=C1[C@H]2N=NN(CC(=O)N3N=C(c4ccc(Br)cc4)C[C@@H]3c3ccccc3)[C@H]2C(=O)N1c1cccc(Br)c1. The smallest absolute Gasteiger partial charge is 0.264 e. The Bertz CT molecular complexity index is 1490. The third-order valence-corrected chi connectivity index (χ3v) is 7.77. The number of carbonyl (C=O) groups excluding carboxylic acids is 3. The van der Waals surface area contributed by atoms with Crippen LogP contribution >= 0.6 is 31.9 Å². The molecule has 1 saturated heterocycles. The van der Waals surface area contributed by atoms with E-state index in [0.717, 1.165) is 30.7 Å². The Hall–Kier alpha value is -3.70. The van der Waals surface area contributed by atoms with Crippen LogP contribution < -0.4 is 4.90 Å². The van der Waals surface area contributed by atoms with Gasteiger partial charge in [0.05, 0.1) is 17.4 Å². The predicted molar refractivity (Wildman–Crippen MR) is 147 cm³/mol. The molecule has 3 atom stereocenters. The van der Waals surface area contributed by atoms with Crippen molar-refractivity contribution in [3.63, 3.8) is 0 Å². The highest BCUT2D eigenvalue weighted by molar-refractivity contribution is 9.10. The van der Waals surface area contributed by atoms with E-state index in [-0.39, 0.29) is 18.5 Å². The van der Waals surface area contributed by atoms with Crippen LogP contribution in [-0.2, 0) is 14.4 Å². The lowest BCUT2D eigenvalue weighted by Gasteiger charge is -2.25. The van der Waals surface area contributed by atoms with Gasteiger partial charge in [0.25, 0.3) is 17.7 Å². The van der Waals surface area contributed by atoms with E-state index in [1.807, 2.05) is 60.7 Å². The Morgan fingerprint density at radius 1 is 0.895 bits per heavy atom. The van der Waals surface area contributed by atoms with Crippen LogP contribution in [0.4, 0.5) is 5.69 Å². The molecule has 0 N–H and O–H groups in total. The summed E-state index contributed by atoms with van der Waals surface area (Å²) in [5, 5.41) is 15.6. The van der Waals surface area contributed by atoms with Gasteiger partial charge in [-0.15, -0.1) is 0 Å². The number of fused-ring (bicyclic) bond motifs is 1. The van der Waals surface area contributed by atoms with E-state index in [1.54, 1.807) is 18.2 Å². The fraction of sp³-hybridized carbons (Fsp3) is 0.185. The van der Waals surface area contributed by atoms with Gasteiger partial charge in [-0.05, 0) is 41.5 Å². The monoisotopic (exact) mass is 634 g/mol. The fourth-order valence-corrected chi connectivity index (χ4v) is 5.58. The van der Waals surface area contributed by atoms with Gasteiger partial charge < -0.3 is 0 Å². The van der Waals surface area contributed by atoms with Gasteiger partial charge in [0, 0.05) is 15.4 Å². The van der Waals surface area contributed by atoms with Crippen molar-refractivity contribution in [1.82, 2.24) is 10.0 Å². The number of nitrogens with zero attached hydrogens (tertiary/aromatic N) is 6. The zero-order chi connectivity index (χ0) is 26.4. The van der Waals surface area contributed by atoms with Crippen LogP contribution in [0, 0.1) is 0 Å². The molecule has 0 aromatic heterocycles. The maximum atomic E-state index is 13.6. The number of hydrazone groups is 1. The molecule has 190 valence electrons. The van der Waals surface area contributed by atoms with Gasteiger partial charge in [-0.1, -0.05) is 85.6 Å². The molecular formula is C27H20Br2N6O3. The average Bonchev–Trinajstić information content (AvgIpc) is 3.60. The van der Waals surface area contributed by atoms with Crippen molar-refractivity contribution in [2.75, 3.05) is 11.4 Å². The number of hydrogen-bond donors (Lipinski definition) is 0. The summed E-state index contributed by atoms with van der Waals surface area (Å²) in [7, 11) is 0. The minimum atomic E-state index is -0.986. The minimum absolute atomic E-state index is 0.240. The van der Waals surface area contributed by atoms with Crippen molar-refractivity contribution < 1.29 is 14.4 Å². The third kappa shape index (κ3) is 4.35. The number of imide groups is 1. The summed E-state index contributed by atoms with van der Waals surface area (Å²) < 4.78 is 1.69. The van der Waals surface area contributed by atoms with Crippen molar-refractivity contribution in [2.24, 2.45) is 15.4 Å².